The molecule has 0 saturated heterocycles. The van der Waals surface area contributed by atoms with E-state index in [4.69, 9.17) is 5.11 Å². The topological polar surface area (TPSA) is 121 Å². The second-order valence-corrected chi connectivity index (χ2v) is 4.81. The van der Waals surface area contributed by atoms with E-state index in [1.54, 1.807) is 12.1 Å². The summed E-state index contributed by atoms with van der Waals surface area (Å²) in [5, 5.41) is 20.8. The Kier molecular flexibility index (Phi) is 5.13. The van der Waals surface area contributed by atoms with Gasteiger partial charge >= 0.3 is 12.0 Å². The van der Waals surface area contributed by atoms with Crippen molar-refractivity contribution in [3.63, 3.8) is 0 Å². The van der Waals surface area contributed by atoms with Crippen LogP contribution >= 0.6 is 0 Å². The van der Waals surface area contributed by atoms with Gasteiger partial charge in [-0.25, -0.2) is 4.79 Å². The van der Waals surface area contributed by atoms with Crippen LogP contribution in [0.4, 0.5) is 4.79 Å². The Balaban J connectivity index is 2.39. The summed E-state index contributed by atoms with van der Waals surface area (Å²) in [7, 11) is 0. The predicted molar refractivity (Wildman–Crippen MR) is 68.4 cm³/mol. The van der Waals surface area contributed by atoms with Crippen molar-refractivity contribution in [1.82, 2.24) is 20.8 Å². The lowest BCUT2D eigenvalue weighted by Crippen LogP contribution is -2.41. The number of nitrogens with one attached hydrogen (secondary N) is 2. The van der Waals surface area contributed by atoms with Crippen LogP contribution in [0.2, 0.25) is 0 Å². The van der Waals surface area contributed by atoms with Gasteiger partial charge in [0.1, 0.15) is 0 Å². The zero-order valence-electron chi connectivity index (χ0n) is 11.2. The molecule has 1 heterocycles. The van der Waals surface area contributed by atoms with E-state index in [0.29, 0.717) is 5.69 Å². The molecule has 3 amide bonds. The van der Waals surface area contributed by atoms with E-state index in [9.17, 15) is 14.4 Å². The number of aliphatic carboxylic acids is 1. The molecule has 108 valence electrons. The van der Waals surface area contributed by atoms with Gasteiger partial charge in [-0.2, -0.15) is 10.2 Å². The maximum absolute atomic E-state index is 11.5. The molecule has 1 rings (SSSR count). The first-order chi connectivity index (χ1) is 9.31. The lowest BCUT2D eigenvalue weighted by Gasteiger charge is -2.17. The van der Waals surface area contributed by atoms with E-state index in [1.165, 1.54) is 20.0 Å². The number of carboxylic acids is 1. The molecular weight excluding hydrogens is 264 g/mol. The number of aromatic nitrogens is 2. The van der Waals surface area contributed by atoms with Crippen LogP contribution in [-0.4, -0.2) is 33.2 Å². The van der Waals surface area contributed by atoms with E-state index in [0.717, 1.165) is 0 Å². The second kappa shape index (κ2) is 6.60. The van der Waals surface area contributed by atoms with Crippen molar-refractivity contribution >= 4 is 17.9 Å². The van der Waals surface area contributed by atoms with E-state index < -0.39 is 23.3 Å². The van der Waals surface area contributed by atoms with Gasteiger partial charge in [-0.3, -0.25) is 14.9 Å². The standard InChI is InChI=1S/C12H16N4O4/c1-12(2,10(18)19)6-9(17)15-11(20)13-7-8-4-3-5-14-16-8/h3-5H,6-7H2,1-2H3,(H,18,19)(H2,13,15,17,20). The zero-order chi connectivity index (χ0) is 15.2. The van der Waals surface area contributed by atoms with E-state index >= 15 is 0 Å². The van der Waals surface area contributed by atoms with E-state index in [1.807, 2.05) is 0 Å². The normalized spacial score (nSPS) is 10.7. The van der Waals surface area contributed by atoms with Crippen LogP contribution in [0.5, 0.6) is 0 Å². The van der Waals surface area contributed by atoms with Crippen molar-refractivity contribution in [3.8, 4) is 0 Å². The molecule has 1 aromatic heterocycles. The van der Waals surface area contributed by atoms with Crippen LogP contribution in [0.25, 0.3) is 0 Å². The average molecular weight is 280 g/mol. The quantitative estimate of drug-likeness (QED) is 0.713. The molecule has 0 radical (unpaired) electrons. The first kappa shape index (κ1) is 15.5. The third kappa shape index (κ3) is 5.01. The van der Waals surface area contributed by atoms with Gasteiger partial charge in [-0.1, -0.05) is 0 Å². The van der Waals surface area contributed by atoms with Gasteiger partial charge in [-0.15, -0.1) is 0 Å². The second-order valence-electron chi connectivity index (χ2n) is 4.81. The van der Waals surface area contributed by atoms with Gasteiger partial charge in [0.05, 0.1) is 17.7 Å². The van der Waals surface area contributed by atoms with Crippen LogP contribution in [-0.2, 0) is 16.1 Å². The van der Waals surface area contributed by atoms with Crippen molar-refractivity contribution in [1.29, 1.82) is 0 Å². The third-order valence-corrected chi connectivity index (χ3v) is 2.49. The molecule has 1 aromatic rings. The van der Waals surface area contributed by atoms with Crippen molar-refractivity contribution < 1.29 is 19.5 Å². The van der Waals surface area contributed by atoms with Gasteiger partial charge in [0.2, 0.25) is 5.91 Å². The van der Waals surface area contributed by atoms with Crippen molar-refractivity contribution in [2.75, 3.05) is 0 Å². The molecule has 0 saturated carbocycles. The molecule has 0 fully saturated rings. The third-order valence-electron chi connectivity index (χ3n) is 2.49. The van der Waals surface area contributed by atoms with Gasteiger partial charge in [0.15, 0.2) is 0 Å². The molecule has 0 unspecified atom stereocenters. The Morgan fingerprint density at radius 1 is 1.35 bits per heavy atom. The summed E-state index contributed by atoms with van der Waals surface area (Å²) in [5.41, 5.74) is -0.684. The number of imide groups is 1. The maximum atomic E-state index is 11.5. The summed E-state index contributed by atoms with van der Waals surface area (Å²) >= 11 is 0. The Labute approximate surface area is 115 Å². The molecule has 0 atom stereocenters. The number of hydrogen-bond donors (Lipinski definition) is 3. The fourth-order valence-corrected chi connectivity index (χ4v) is 1.29. The molecule has 0 aliphatic carbocycles. The van der Waals surface area contributed by atoms with Gasteiger partial charge < -0.3 is 10.4 Å². The molecule has 3 N–H and O–H groups in total. The fraction of sp³-hybridized carbons (Fsp3) is 0.417. The summed E-state index contributed by atoms with van der Waals surface area (Å²) in [4.78, 5) is 33.8. The largest absolute Gasteiger partial charge is 0.481 e. The highest BCUT2D eigenvalue weighted by Gasteiger charge is 2.30. The molecule has 0 aliphatic rings. The maximum Gasteiger partial charge on any atom is 0.321 e. The summed E-state index contributed by atoms with van der Waals surface area (Å²) < 4.78 is 0. The number of hydrogen-bond acceptors (Lipinski definition) is 5. The van der Waals surface area contributed by atoms with Crippen molar-refractivity contribution in [3.05, 3.63) is 24.0 Å². The summed E-state index contributed by atoms with van der Waals surface area (Å²) in [6, 6.07) is 2.63. The molecule has 0 aliphatic heterocycles. The highest BCUT2D eigenvalue weighted by molar-refractivity contribution is 5.96. The summed E-state index contributed by atoms with van der Waals surface area (Å²) in [5.74, 6) is -1.76. The molecule has 0 spiro atoms. The Morgan fingerprint density at radius 2 is 2.05 bits per heavy atom. The van der Waals surface area contributed by atoms with Crippen LogP contribution < -0.4 is 10.6 Å². The van der Waals surface area contributed by atoms with Gasteiger partial charge in [-0.05, 0) is 26.0 Å². The molecule has 0 bridgehead atoms. The highest BCUT2D eigenvalue weighted by Crippen LogP contribution is 2.19. The lowest BCUT2D eigenvalue weighted by atomic mass is 9.89. The Morgan fingerprint density at radius 3 is 2.60 bits per heavy atom. The summed E-state index contributed by atoms with van der Waals surface area (Å²) in [6.45, 7) is 2.94. The highest BCUT2D eigenvalue weighted by atomic mass is 16.4. The zero-order valence-corrected chi connectivity index (χ0v) is 11.2. The minimum atomic E-state index is -1.23. The van der Waals surface area contributed by atoms with Crippen LogP contribution in [0.3, 0.4) is 0 Å². The van der Waals surface area contributed by atoms with Gasteiger partial charge in [0.25, 0.3) is 0 Å². The smallest absolute Gasteiger partial charge is 0.321 e. The minimum absolute atomic E-state index is 0.120. The molecule has 8 heteroatoms. The Bertz CT molecular complexity index is 501. The minimum Gasteiger partial charge on any atom is -0.481 e. The number of nitrogens with zero attached hydrogens (tertiary/aromatic N) is 2. The lowest BCUT2D eigenvalue weighted by molar-refractivity contribution is -0.149. The van der Waals surface area contributed by atoms with E-state index in [2.05, 4.69) is 20.8 Å². The SMILES string of the molecule is CC(C)(CC(=O)NC(=O)NCc1cccnn1)C(=O)O. The van der Waals surface area contributed by atoms with E-state index in [-0.39, 0.29) is 13.0 Å². The van der Waals surface area contributed by atoms with Crippen molar-refractivity contribution in [2.24, 2.45) is 5.41 Å². The first-order valence-electron chi connectivity index (χ1n) is 5.89. The first-order valence-corrected chi connectivity index (χ1v) is 5.89. The Hall–Kier alpha value is -2.51. The van der Waals surface area contributed by atoms with Crippen LogP contribution in [0, 0.1) is 5.41 Å². The molecule has 8 nitrogen and oxygen atoms in total. The number of carbonyl (C=O) groups excluding carboxylic acids is 2. The molecule has 20 heavy (non-hydrogen) atoms. The van der Waals surface area contributed by atoms with Crippen molar-refractivity contribution in [2.45, 2.75) is 26.8 Å². The fourth-order valence-electron chi connectivity index (χ4n) is 1.29. The molecular formula is C12H16N4O4. The number of amides is 3. The monoisotopic (exact) mass is 280 g/mol. The number of carbonyl (C=O) groups is 3. The average Bonchev–Trinajstić information content (AvgIpc) is 2.36. The molecule has 0 aromatic carbocycles. The summed E-state index contributed by atoms with van der Waals surface area (Å²) in [6.07, 6.45) is 1.21. The number of urea groups is 1. The van der Waals surface area contributed by atoms with Gasteiger partial charge in [0, 0.05) is 12.6 Å². The predicted octanol–water partition coefficient (Wildman–Crippen LogP) is 0.303. The van der Waals surface area contributed by atoms with Crippen LogP contribution in [0.1, 0.15) is 26.0 Å². The number of carboxylic acid groups (broad SMARTS) is 1. The van der Waals surface area contributed by atoms with Crippen LogP contribution in [0.15, 0.2) is 18.3 Å². The number of rotatable bonds is 5.